The van der Waals surface area contributed by atoms with Gasteiger partial charge in [-0.15, -0.1) is 0 Å². The van der Waals surface area contributed by atoms with Gasteiger partial charge in [0, 0.05) is 16.5 Å². The molecule has 0 atom stereocenters. The van der Waals surface area contributed by atoms with Gasteiger partial charge in [-0.3, -0.25) is 0 Å². The van der Waals surface area contributed by atoms with Crippen LogP contribution >= 0.6 is 0 Å². The molecule has 0 saturated carbocycles. The number of rotatable bonds is 3. The molecule has 6 heteroatoms. The third kappa shape index (κ3) is 2.12. The van der Waals surface area contributed by atoms with Gasteiger partial charge in [0.15, 0.2) is 5.65 Å². The van der Waals surface area contributed by atoms with E-state index in [2.05, 4.69) is 20.1 Å². The van der Waals surface area contributed by atoms with Crippen LogP contribution in [-0.2, 0) is 6.54 Å². The summed E-state index contributed by atoms with van der Waals surface area (Å²) in [5, 5.41) is 8.71. The Morgan fingerprint density at radius 1 is 1.21 bits per heavy atom. The lowest BCUT2D eigenvalue weighted by Gasteiger charge is -2.03. The van der Waals surface area contributed by atoms with E-state index in [1.54, 1.807) is 23.1 Å². The molecule has 0 bridgehead atoms. The van der Waals surface area contributed by atoms with E-state index < -0.39 is 0 Å². The maximum absolute atomic E-state index is 8.53. The largest absolute Gasteiger partial charge is 0.243 e. The summed E-state index contributed by atoms with van der Waals surface area (Å²) in [5.74, 6) is 0. The number of pyridine rings is 1. The SMILES string of the molecule is [N-]=[N+]=Nc1ccnc2c1cnn2Cc1ccccc1. The summed E-state index contributed by atoms with van der Waals surface area (Å²) in [6.45, 7) is 0.636. The van der Waals surface area contributed by atoms with Crippen molar-refractivity contribution in [3.8, 4) is 0 Å². The Hall–Kier alpha value is -2.85. The van der Waals surface area contributed by atoms with Crippen LogP contribution in [0, 0.1) is 0 Å². The summed E-state index contributed by atoms with van der Waals surface area (Å²) in [5.41, 5.74) is 10.9. The Bertz CT molecular complexity index is 755. The summed E-state index contributed by atoms with van der Waals surface area (Å²) in [4.78, 5) is 7.11. The van der Waals surface area contributed by atoms with Crippen molar-refractivity contribution in [1.82, 2.24) is 14.8 Å². The van der Waals surface area contributed by atoms with Crippen molar-refractivity contribution in [2.45, 2.75) is 6.54 Å². The monoisotopic (exact) mass is 250 g/mol. The third-order valence-electron chi connectivity index (χ3n) is 2.84. The van der Waals surface area contributed by atoms with Crippen molar-refractivity contribution < 1.29 is 0 Å². The van der Waals surface area contributed by atoms with Gasteiger partial charge < -0.3 is 0 Å². The van der Waals surface area contributed by atoms with E-state index in [4.69, 9.17) is 5.53 Å². The minimum atomic E-state index is 0.548. The second-order valence-corrected chi connectivity index (χ2v) is 4.04. The van der Waals surface area contributed by atoms with Crippen LogP contribution in [0.15, 0.2) is 53.9 Å². The van der Waals surface area contributed by atoms with E-state index >= 15 is 0 Å². The van der Waals surface area contributed by atoms with Gasteiger partial charge in [-0.1, -0.05) is 35.4 Å². The predicted octanol–water partition coefficient (Wildman–Crippen LogP) is 3.42. The van der Waals surface area contributed by atoms with Crippen LogP contribution < -0.4 is 0 Å². The second-order valence-electron chi connectivity index (χ2n) is 4.04. The van der Waals surface area contributed by atoms with Crippen LogP contribution in [-0.4, -0.2) is 14.8 Å². The number of hydrogen-bond donors (Lipinski definition) is 0. The lowest BCUT2D eigenvalue weighted by Crippen LogP contribution is -2.01. The van der Waals surface area contributed by atoms with Gasteiger partial charge >= 0.3 is 0 Å². The smallest absolute Gasteiger partial charge is 0.158 e. The number of aromatic nitrogens is 3. The minimum absolute atomic E-state index is 0.548. The number of fused-ring (bicyclic) bond motifs is 1. The van der Waals surface area contributed by atoms with Gasteiger partial charge in [0.25, 0.3) is 0 Å². The van der Waals surface area contributed by atoms with E-state index in [1.165, 1.54) is 0 Å². The molecule has 6 nitrogen and oxygen atoms in total. The van der Waals surface area contributed by atoms with Crippen LogP contribution in [0.3, 0.4) is 0 Å². The minimum Gasteiger partial charge on any atom is -0.243 e. The molecular weight excluding hydrogens is 240 g/mol. The highest BCUT2D eigenvalue weighted by Gasteiger charge is 2.07. The molecule has 2 heterocycles. The summed E-state index contributed by atoms with van der Waals surface area (Å²) in [7, 11) is 0. The molecular formula is C13H10N6. The first-order chi connectivity index (χ1) is 9.38. The van der Waals surface area contributed by atoms with Crippen LogP contribution in [0.1, 0.15) is 5.56 Å². The van der Waals surface area contributed by atoms with Gasteiger partial charge in [0.2, 0.25) is 0 Å². The lowest BCUT2D eigenvalue weighted by molar-refractivity contribution is 0.704. The molecule has 0 fully saturated rings. The topological polar surface area (TPSA) is 79.5 Å². The summed E-state index contributed by atoms with van der Waals surface area (Å²) < 4.78 is 1.79. The molecule has 0 aliphatic carbocycles. The Morgan fingerprint density at radius 2 is 2.05 bits per heavy atom. The van der Waals surface area contributed by atoms with E-state index in [-0.39, 0.29) is 0 Å². The van der Waals surface area contributed by atoms with Crippen LogP contribution in [0.4, 0.5) is 5.69 Å². The highest BCUT2D eigenvalue weighted by Crippen LogP contribution is 2.24. The fraction of sp³-hybridized carbons (Fsp3) is 0.0769. The fourth-order valence-electron chi connectivity index (χ4n) is 1.97. The summed E-state index contributed by atoms with van der Waals surface area (Å²) >= 11 is 0. The van der Waals surface area contributed by atoms with Gasteiger partial charge in [0.05, 0.1) is 18.4 Å². The van der Waals surface area contributed by atoms with Crippen molar-refractivity contribution >= 4 is 16.7 Å². The van der Waals surface area contributed by atoms with Crippen molar-refractivity contribution in [2.24, 2.45) is 5.11 Å². The summed E-state index contributed by atoms with van der Waals surface area (Å²) in [6.07, 6.45) is 3.30. The molecule has 0 saturated heterocycles. The van der Waals surface area contributed by atoms with Crippen LogP contribution in [0.25, 0.3) is 21.5 Å². The molecule has 19 heavy (non-hydrogen) atoms. The molecule has 0 unspecified atom stereocenters. The molecule has 0 radical (unpaired) electrons. The Balaban J connectivity index is 2.06. The second kappa shape index (κ2) is 4.80. The van der Waals surface area contributed by atoms with E-state index in [9.17, 15) is 0 Å². The van der Waals surface area contributed by atoms with Crippen molar-refractivity contribution in [1.29, 1.82) is 0 Å². The fourth-order valence-corrected chi connectivity index (χ4v) is 1.97. The van der Waals surface area contributed by atoms with Crippen molar-refractivity contribution in [3.63, 3.8) is 0 Å². The zero-order valence-electron chi connectivity index (χ0n) is 10.0. The first kappa shape index (κ1) is 11.3. The van der Waals surface area contributed by atoms with Gasteiger partial charge in [-0.2, -0.15) is 5.10 Å². The molecule has 0 N–H and O–H groups in total. The maximum Gasteiger partial charge on any atom is 0.158 e. The number of benzene rings is 1. The number of nitrogens with zero attached hydrogens (tertiary/aromatic N) is 6. The molecule has 0 spiro atoms. The lowest BCUT2D eigenvalue weighted by atomic mass is 10.2. The number of azide groups is 1. The Kier molecular flexibility index (Phi) is 2.84. The van der Waals surface area contributed by atoms with Crippen molar-refractivity contribution in [3.05, 3.63) is 64.8 Å². The van der Waals surface area contributed by atoms with E-state index in [0.717, 1.165) is 10.9 Å². The van der Waals surface area contributed by atoms with E-state index in [1.807, 2.05) is 30.3 Å². The number of hydrogen-bond acceptors (Lipinski definition) is 3. The van der Waals surface area contributed by atoms with E-state index in [0.29, 0.717) is 17.9 Å². The average Bonchev–Trinajstić information content (AvgIpc) is 2.85. The molecule has 3 rings (SSSR count). The van der Waals surface area contributed by atoms with Crippen molar-refractivity contribution in [2.75, 3.05) is 0 Å². The summed E-state index contributed by atoms with van der Waals surface area (Å²) in [6, 6.07) is 11.7. The normalized spacial score (nSPS) is 10.3. The Morgan fingerprint density at radius 3 is 2.84 bits per heavy atom. The standard InChI is InChI=1S/C13H10N6/c14-18-17-12-6-7-15-13-11(12)8-16-19(13)9-10-4-2-1-3-5-10/h1-8H,9H2. The average molecular weight is 250 g/mol. The maximum atomic E-state index is 8.53. The Labute approximate surface area is 108 Å². The highest BCUT2D eigenvalue weighted by molar-refractivity contribution is 5.86. The zero-order chi connectivity index (χ0) is 13.1. The van der Waals surface area contributed by atoms with Gasteiger partial charge in [-0.05, 0) is 17.2 Å². The third-order valence-corrected chi connectivity index (χ3v) is 2.84. The molecule has 3 aromatic rings. The molecule has 0 amide bonds. The van der Waals surface area contributed by atoms with Crippen LogP contribution in [0.5, 0.6) is 0 Å². The van der Waals surface area contributed by atoms with Gasteiger partial charge in [0.1, 0.15) is 0 Å². The highest BCUT2D eigenvalue weighted by atomic mass is 15.3. The predicted molar refractivity (Wildman–Crippen MR) is 71.9 cm³/mol. The zero-order valence-corrected chi connectivity index (χ0v) is 10.0. The first-order valence-corrected chi connectivity index (χ1v) is 5.78. The quantitative estimate of drug-likeness (QED) is 0.405. The molecule has 1 aromatic carbocycles. The molecule has 0 aliphatic rings. The van der Waals surface area contributed by atoms with Crippen LogP contribution in [0.2, 0.25) is 0 Å². The first-order valence-electron chi connectivity index (χ1n) is 5.78. The molecule has 2 aromatic heterocycles. The van der Waals surface area contributed by atoms with Gasteiger partial charge in [-0.25, -0.2) is 9.67 Å². The molecule has 92 valence electrons. The molecule has 0 aliphatic heterocycles.